The van der Waals surface area contributed by atoms with Gasteiger partial charge in [-0.15, -0.1) is 0 Å². The molecule has 0 saturated carbocycles. The molecule has 0 atom stereocenters. The van der Waals surface area contributed by atoms with Gasteiger partial charge < -0.3 is 9.40 Å². The Morgan fingerprint density at radius 1 is 1.15 bits per heavy atom. The van der Waals surface area contributed by atoms with Crippen molar-refractivity contribution in [2.45, 2.75) is 34.1 Å². The average molecular weight is 350 g/mol. The van der Waals surface area contributed by atoms with E-state index in [9.17, 15) is 4.39 Å². The van der Waals surface area contributed by atoms with Gasteiger partial charge in [-0.2, -0.15) is 0 Å². The van der Waals surface area contributed by atoms with Gasteiger partial charge in [0, 0.05) is 11.3 Å². The molecule has 0 saturated heterocycles. The Morgan fingerprint density at radius 3 is 2.58 bits per heavy atom. The Hall–Kier alpha value is -2.88. The normalized spacial score (nSPS) is 13.0. The Kier molecular flexibility index (Phi) is 5.21. The second-order valence-corrected chi connectivity index (χ2v) is 6.30. The fourth-order valence-electron chi connectivity index (χ4n) is 2.82. The Labute approximate surface area is 153 Å². The number of hydrogen-bond acceptors (Lipinski definition) is 2. The third-order valence-corrected chi connectivity index (χ3v) is 4.45. The van der Waals surface area contributed by atoms with Crippen LogP contribution in [0.5, 0.6) is 0 Å². The van der Waals surface area contributed by atoms with E-state index in [1.54, 1.807) is 13.0 Å². The minimum absolute atomic E-state index is 0.205. The van der Waals surface area contributed by atoms with Crippen molar-refractivity contribution in [2.75, 3.05) is 0 Å². The number of aromatic amines is 1. The quantitative estimate of drug-likeness (QED) is 0.520. The number of aryl methyl sites for hydroxylation is 1. The highest BCUT2D eigenvalue weighted by molar-refractivity contribution is 5.69. The first-order valence-corrected chi connectivity index (χ1v) is 8.77. The van der Waals surface area contributed by atoms with E-state index in [1.165, 1.54) is 0 Å². The van der Waals surface area contributed by atoms with Crippen molar-refractivity contribution in [3.63, 3.8) is 0 Å². The third kappa shape index (κ3) is 3.54. The molecule has 0 amide bonds. The molecule has 0 radical (unpaired) electrons. The van der Waals surface area contributed by atoms with E-state index in [2.05, 4.69) is 9.97 Å². The van der Waals surface area contributed by atoms with Gasteiger partial charge in [0.05, 0.1) is 5.69 Å². The van der Waals surface area contributed by atoms with Crippen molar-refractivity contribution >= 4 is 5.57 Å². The molecule has 2 aromatic heterocycles. The molecule has 1 aromatic carbocycles. The molecule has 0 aliphatic carbocycles. The fraction of sp³-hybridized carbons (Fsp3) is 0.227. The second-order valence-electron chi connectivity index (χ2n) is 6.30. The van der Waals surface area contributed by atoms with Gasteiger partial charge in [0.2, 0.25) is 0 Å². The maximum Gasteiger partial charge on any atom is 0.174 e. The van der Waals surface area contributed by atoms with Crippen LogP contribution in [-0.4, -0.2) is 9.97 Å². The van der Waals surface area contributed by atoms with Crippen LogP contribution in [0.1, 0.15) is 38.6 Å². The molecule has 26 heavy (non-hydrogen) atoms. The molecule has 0 bridgehead atoms. The molecule has 0 aliphatic rings. The summed E-state index contributed by atoms with van der Waals surface area (Å²) in [6.07, 6.45) is 2.23. The van der Waals surface area contributed by atoms with Crippen LogP contribution in [0.15, 0.2) is 64.4 Å². The molecule has 3 aromatic rings. The molecule has 2 heterocycles. The molecule has 1 N–H and O–H groups in total. The van der Waals surface area contributed by atoms with Crippen LogP contribution in [0.2, 0.25) is 0 Å². The van der Waals surface area contributed by atoms with Gasteiger partial charge in [0.1, 0.15) is 11.6 Å². The first kappa shape index (κ1) is 17.9. The number of imidazole rings is 1. The number of rotatable bonds is 5. The zero-order valence-electron chi connectivity index (χ0n) is 15.6. The van der Waals surface area contributed by atoms with E-state index in [0.29, 0.717) is 29.3 Å². The van der Waals surface area contributed by atoms with Gasteiger partial charge in [0.25, 0.3) is 0 Å². The number of H-pyrrole nitrogens is 1. The van der Waals surface area contributed by atoms with Crippen LogP contribution >= 0.6 is 0 Å². The van der Waals surface area contributed by atoms with Crippen LogP contribution in [0.4, 0.5) is 4.39 Å². The number of halogens is 1. The number of aromatic nitrogens is 2. The Balaban J connectivity index is 1.94. The van der Waals surface area contributed by atoms with Crippen molar-refractivity contribution in [3.05, 3.63) is 71.4 Å². The van der Waals surface area contributed by atoms with Crippen molar-refractivity contribution in [1.82, 2.24) is 9.97 Å². The Morgan fingerprint density at radius 2 is 1.88 bits per heavy atom. The minimum Gasteiger partial charge on any atom is -0.453 e. The highest BCUT2D eigenvalue weighted by Gasteiger charge is 2.15. The average Bonchev–Trinajstić information content (AvgIpc) is 3.28. The van der Waals surface area contributed by atoms with Crippen molar-refractivity contribution in [1.29, 1.82) is 0 Å². The number of nitrogens with zero attached hydrogens (tertiary/aromatic N) is 1. The number of allylic oxidation sites excluding steroid dienone is 4. The molecular formula is C22H23FN2O. The number of benzene rings is 1. The molecule has 4 heteroatoms. The van der Waals surface area contributed by atoms with Gasteiger partial charge in [0.15, 0.2) is 11.6 Å². The molecule has 0 spiro atoms. The summed E-state index contributed by atoms with van der Waals surface area (Å²) >= 11 is 0. The summed E-state index contributed by atoms with van der Waals surface area (Å²) in [6, 6.07) is 13.7. The highest BCUT2D eigenvalue weighted by Crippen LogP contribution is 2.30. The summed E-state index contributed by atoms with van der Waals surface area (Å²) in [5, 5.41) is 0. The lowest BCUT2D eigenvalue weighted by molar-refractivity contribution is 0.561. The van der Waals surface area contributed by atoms with Gasteiger partial charge in [-0.3, -0.25) is 0 Å². The van der Waals surface area contributed by atoms with Gasteiger partial charge >= 0.3 is 0 Å². The largest absolute Gasteiger partial charge is 0.453 e. The smallest absolute Gasteiger partial charge is 0.174 e. The highest BCUT2D eigenvalue weighted by atomic mass is 19.1. The van der Waals surface area contributed by atoms with Gasteiger partial charge in [-0.05, 0) is 56.5 Å². The molecule has 0 unspecified atom stereocenters. The maximum atomic E-state index is 14.0. The summed E-state index contributed by atoms with van der Waals surface area (Å²) in [5.41, 5.74) is 4.31. The monoisotopic (exact) mass is 350 g/mol. The van der Waals surface area contributed by atoms with E-state index in [1.807, 2.05) is 63.2 Å². The second kappa shape index (κ2) is 7.56. The summed E-state index contributed by atoms with van der Waals surface area (Å²) in [4.78, 5) is 7.96. The van der Waals surface area contributed by atoms with Crippen molar-refractivity contribution in [2.24, 2.45) is 0 Å². The summed E-state index contributed by atoms with van der Waals surface area (Å²) in [6.45, 7) is 7.53. The Bertz CT molecular complexity index is 961. The van der Waals surface area contributed by atoms with E-state index < -0.39 is 0 Å². The molecule has 0 aliphatic heterocycles. The predicted octanol–water partition coefficient (Wildman–Crippen LogP) is 6.70. The molecule has 3 rings (SSSR count). The SMILES string of the molecule is CC/C=C(F)\C(C)=C(/C)c1ccc(-c2nc(-c3ccccc3)c(C)[nH]2)o1. The van der Waals surface area contributed by atoms with Gasteiger partial charge in [-0.1, -0.05) is 37.3 Å². The van der Waals surface area contributed by atoms with Crippen molar-refractivity contribution < 1.29 is 8.81 Å². The lowest BCUT2D eigenvalue weighted by atomic mass is 10.1. The van der Waals surface area contributed by atoms with E-state index in [0.717, 1.165) is 22.5 Å². The van der Waals surface area contributed by atoms with Crippen LogP contribution in [0.25, 0.3) is 28.4 Å². The first-order chi connectivity index (χ1) is 12.5. The first-order valence-electron chi connectivity index (χ1n) is 8.77. The topological polar surface area (TPSA) is 41.8 Å². The van der Waals surface area contributed by atoms with E-state index in [-0.39, 0.29) is 5.83 Å². The van der Waals surface area contributed by atoms with Crippen molar-refractivity contribution in [3.8, 4) is 22.8 Å². The van der Waals surface area contributed by atoms with E-state index in [4.69, 9.17) is 4.42 Å². The minimum atomic E-state index is -0.205. The van der Waals surface area contributed by atoms with Crippen LogP contribution < -0.4 is 0 Å². The zero-order chi connectivity index (χ0) is 18.7. The van der Waals surface area contributed by atoms with Crippen LogP contribution in [-0.2, 0) is 0 Å². The summed E-state index contributed by atoms with van der Waals surface area (Å²) in [7, 11) is 0. The number of furan rings is 1. The number of nitrogens with one attached hydrogen (secondary N) is 1. The predicted molar refractivity (Wildman–Crippen MR) is 104 cm³/mol. The van der Waals surface area contributed by atoms with Gasteiger partial charge in [-0.25, -0.2) is 9.37 Å². The fourth-order valence-corrected chi connectivity index (χ4v) is 2.82. The lowest BCUT2D eigenvalue weighted by Gasteiger charge is -2.03. The van der Waals surface area contributed by atoms with Crippen LogP contribution in [0.3, 0.4) is 0 Å². The maximum absolute atomic E-state index is 14.0. The molecule has 134 valence electrons. The van der Waals surface area contributed by atoms with E-state index >= 15 is 0 Å². The zero-order valence-corrected chi connectivity index (χ0v) is 15.6. The summed E-state index contributed by atoms with van der Waals surface area (Å²) < 4.78 is 20.0. The standard InChI is InChI=1S/C22H23FN2O/c1-5-9-18(23)14(2)15(3)19-12-13-20(26-19)22-24-16(4)21(25-22)17-10-7-6-8-11-17/h6-13H,5H2,1-4H3,(H,24,25)/b15-14+,18-9+. The molecule has 3 nitrogen and oxygen atoms in total. The molecular weight excluding hydrogens is 327 g/mol. The van der Waals surface area contributed by atoms with Crippen LogP contribution in [0, 0.1) is 6.92 Å². The molecule has 0 fully saturated rings. The summed E-state index contributed by atoms with van der Waals surface area (Å²) in [5.74, 6) is 1.75. The lowest BCUT2D eigenvalue weighted by Crippen LogP contribution is -1.85. The third-order valence-electron chi connectivity index (χ3n) is 4.45. The number of hydrogen-bond donors (Lipinski definition) is 1.